The van der Waals surface area contributed by atoms with Crippen molar-refractivity contribution in [1.29, 1.82) is 0 Å². The minimum Gasteiger partial charge on any atom is -0.465 e. The van der Waals surface area contributed by atoms with E-state index in [9.17, 15) is 14.7 Å². The van der Waals surface area contributed by atoms with Crippen LogP contribution >= 0.6 is 23.1 Å². The molecule has 1 saturated heterocycles. The third-order valence-electron chi connectivity index (χ3n) is 3.93. The summed E-state index contributed by atoms with van der Waals surface area (Å²) in [5, 5.41) is 20.4. The van der Waals surface area contributed by atoms with E-state index in [0.717, 1.165) is 10.0 Å². The molecule has 134 valence electrons. The predicted molar refractivity (Wildman–Crippen MR) is 94.3 cm³/mol. The Morgan fingerprint density at radius 1 is 1.33 bits per heavy atom. The third-order valence-corrected chi connectivity index (χ3v) is 5.98. The van der Waals surface area contributed by atoms with Gasteiger partial charge in [0.25, 0.3) is 0 Å². The summed E-state index contributed by atoms with van der Waals surface area (Å²) in [6.07, 6.45) is -1.38. The van der Waals surface area contributed by atoms with Crippen molar-refractivity contribution in [3.63, 3.8) is 0 Å². The molecule has 0 aromatic carbocycles. The maximum atomic E-state index is 11.3. The molecule has 2 heterocycles. The van der Waals surface area contributed by atoms with Crippen molar-refractivity contribution in [2.24, 2.45) is 0 Å². The fraction of sp³-hybridized carbons (Fsp3) is 0.667. The maximum Gasteiger partial charge on any atom is 0.407 e. The van der Waals surface area contributed by atoms with E-state index >= 15 is 0 Å². The van der Waals surface area contributed by atoms with Crippen LogP contribution in [-0.4, -0.2) is 68.6 Å². The van der Waals surface area contributed by atoms with E-state index < -0.39 is 12.2 Å². The molecule has 1 fully saturated rings. The van der Waals surface area contributed by atoms with Gasteiger partial charge in [-0.25, -0.2) is 14.6 Å². The second-order valence-electron chi connectivity index (χ2n) is 6.74. The Kier molecular flexibility index (Phi) is 5.97. The molecule has 1 atom stereocenters. The van der Waals surface area contributed by atoms with Gasteiger partial charge in [-0.3, -0.25) is 0 Å². The molecule has 2 amide bonds. The molecule has 24 heavy (non-hydrogen) atoms. The van der Waals surface area contributed by atoms with E-state index in [1.165, 1.54) is 9.80 Å². The Balaban J connectivity index is 1.91. The summed E-state index contributed by atoms with van der Waals surface area (Å²) in [5.41, 5.74) is 1.07. The highest BCUT2D eigenvalue weighted by Crippen LogP contribution is 2.30. The molecule has 1 aliphatic heterocycles. The number of amides is 2. The lowest BCUT2D eigenvalue weighted by molar-refractivity contribution is 0.0630. The summed E-state index contributed by atoms with van der Waals surface area (Å²) < 4.78 is 0.965. The summed E-state index contributed by atoms with van der Waals surface area (Å²) in [6, 6.07) is -0.304. The first kappa shape index (κ1) is 18.9. The van der Waals surface area contributed by atoms with Crippen LogP contribution in [0, 0.1) is 0 Å². The molecule has 1 aromatic rings. The zero-order valence-electron chi connectivity index (χ0n) is 14.1. The number of carbonyl (C=O) groups is 2. The van der Waals surface area contributed by atoms with E-state index in [1.807, 2.05) is 0 Å². The number of thioether (sulfide) groups is 1. The minimum absolute atomic E-state index is 0.0147. The molecular weight excluding hydrogens is 350 g/mol. The lowest BCUT2D eigenvalue weighted by Gasteiger charge is -2.38. The van der Waals surface area contributed by atoms with Gasteiger partial charge in [-0.1, -0.05) is 32.5 Å². The fourth-order valence-corrected chi connectivity index (χ4v) is 4.64. The molecule has 0 saturated carbocycles. The number of rotatable bonds is 4. The Morgan fingerprint density at radius 2 is 2.04 bits per heavy atom. The average Bonchev–Trinajstić information content (AvgIpc) is 2.95. The van der Waals surface area contributed by atoms with Gasteiger partial charge in [0.2, 0.25) is 0 Å². The molecule has 0 aliphatic carbocycles. The topological polar surface area (TPSA) is 94.0 Å². The number of piperazine rings is 1. The fourth-order valence-electron chi connectivity index (χ4n) is 2.48. The third kappa shape index (κ3) is 4.76. The maximum absolute atomic E-state index is 11.3. The number of aromatic nitrogens is 1. The van der Waals surface area contributed by atoms with Gasteiger partial charge in [-0.05, 0) is 6.42 Å². The molecule has 2 N–H and O–H groups in total. The Labute approximate surface area is 149 Å². The van der Waals surface area contributed by atoms with Crippen molar-refractivity contribution < 1.29 is 19.8 Å². The second kappa shape index (κ2) is 7.60. The van der Waals surface area contributed by atoms with Gasteiger partial charge < -0.3 is 20.0 Å². The smallest absolute Gasteiger partial charge is 0.407 e. The zero-order chi connectivity index (χ0) is 17.9. The lowest BCUT2D eigenvalue weighted by Crippen LogP contribution is -2.56. The second-order valence-corrected chi connectivity index (χ2v) is 8.94. The highest BCUT2D eigenvalue weighted by atomic mass is 32.2. The van der Waals surface area contributed by atoms with Crippen LogP contribution in [0.25, 0.3) is 0 Å². The van der Waals surface area contributed by atoms with Gasteiger partial charge in [0.05, 0.1) is 11.7 Å². The van der Waals surface area contributed by atoms with Crippen molar-refractivity contribution in [2.45, 2.75) is 43.0 Å². The van der Waals surface area contributed by atoms with Crippen molar-refractivity contribution in [3.05, 3.63) is 11.1 Å². The number of hydrogen-bond acceptors (Lipinski definition) is 5. The largest absolute Gasteiger partial charge is 0.465 e. The van der Waals surface area contributed by atoms with Crippen LogP contribution in [0.15, 0.2) is 9.72 Å². The monoisotopic (exact) mass is 373 g/mol. The lowest BCUT2D eigenvalue weighted by atomic mass is 9.93. The van der Waals surface area contributed by atoms with E-state index in [0.29, 0.717) is 12.2 Å². The number of thiazole rings is 1. The number of carboxylic acid groups (broad SMARTS) is 2. The molecule has 0 unspecified atom stereocenters. The molecule has 1 aromatic heterocycles. The standard InChI is InChI=1S/C15H23N3O4S2/c1-15(2,3)11-9-24-12(16-11)23-7-4-10-8-17(13(19)20)5-6-18(10)14(21)22/h9-10H,4-8H2,1-3H3,(H,19,20)(H,21,22)/t10-/m1/s1. The molecular formula is C15H23N3O4S2. The predicted octanol–water partition coefficient (Wildman–Crippen LogP) is 3.27. The number of hydrogen-bond donors (Lipinski definition) is 2. The van der Waals surface area contributed by atoms with Crippen molar-refractivity contribution in [1.82, 2.24) is 14.8 Å². The molecule has 9 heteroatoms. The molecule has 0 bridgehead atoms. The zero-order valence-corrected chi connectivity index (χ0v) is 15.7. The SMILES string of the molecule is CC(C)(C)c1csc(SCC[C@@H]2CN(C(=O)O)CCN2C(=O)O)n1. The summed E-state index contributed by atoms with van der Waals surface area (Å²) in [6.45, 7) is 7.03. The van der Waals surface area contributed by atoms with Crippen LogP contribution in [0.5, 0.6) is 0 Å². The summed E-state index contributed by atoms with van der Waals surface area (Å²) in [7, 11) is 0. The number of nitrogens with zero attached hydrogens (tertiary/aromatic N) is 3. The first-order chi connectivity index (χ1) is 11.2. The quantitative estimate of drug-likeness (QED) is 0.787. The molecule has 0 spiro atoms. The van der Waals surface area contributed by atoms with Crippen LogP contribution < -0.4 is 0 Å². The van der Waals surface area contributed by atoms with E-state index in [1.54, 1.807) is 23.1 Å². The summed E-state index contributed by atoms with van der Waals surface area (Å²) in [4.78, 5) is 29.7. The van der Waals surface area contributed by atoms with Gasteiger partial charge in [-0.15, -0.1) is 11.3 Å². The van der Waals surface area contributed by atoms with Gasteiger partial charge in [-0.2, -0.15) is 0 Å². The van der Waals surface area contributed by atoms with Crippen LogP contribution in [-0.2, 0) is 5.41 Å². The van der Waals surface area contributed by atoms with E-state index in [4.69, 9.17) is 5.11 Å². The highest BCUT2D eigenvalue weighted by Gasteiger charge is 2.32. The summed E-state index contributed by atoms with van der Waals surface area (Å²) >= 11 is 3.19. The van der Waals surface area contributed by atoms with Crippen LogP contribution in [0.1, 0.15) is 32.9 Å². The molecule has 7 nitrogen and oxygen atoms in total. The van der Waals surface area contributed by atoms with Gasteiger partial charge in [0, 0.05) is 36.2 Å². The van der Waals surface area contributed by atoms with Crippen molar-refractivity contribution in [2.75, 3.05) is 25.4 Å². The minimum atomic E-state index is -0.993. The van der Waals surface area contributed by atoms with Gasteiger partial charge in [0.1, 0.15) is 4.34 Å². The van der Waals surface area contributed by atoms with Crippen LogP contribution in [0.4, 0.5) is 9.59 Å². The van der Waals surface area contributed by atoms with Gasteiger partial charge >= 0.3 is 12.2 Å². The molecule has 2 rings (SSSR count). The first-order valence-electron chi connectivity index (χ1n) is 7.74. The van der Waals surface area contributed by atoms with Crippen molar-refractivity contribution in [3.8, 4) is 0 Å². The molecule has 0 radical (unpaired) electrons. The van der Waals surface area contributed by atoms with Crippen LogP contribution in [0.3, 0.4) is 0 Å². The highest BCUT2D eigenvalue weighted by molar-refractivity contribution is 8.01. The van der Waals surface area contributed by atoms with Gasteiger partial charge in [0.15, 0.2) is 0 Å². The molecule has 1 aliphatic rings. The van der Waals surface area contributed by atoms with Crippen molar-refractivity contribution >= 4 is 35.3 Å². The normalized spacial score (nSPS) is 18.7. The first-order valence-corrected chi connectivity index (χ1v) is 9.61. The van der Waals surface area contributed by atoms with E-state index in [2.05, 4.69) is 31.1 Å². The Morgan fingerprint density at radius 3 is 2.58 bits per heavy atom. The average molecular weight is 374 g/mol. The summed E-state index contributed by atoms with van der Waals surface area (Å²) in [5.74, 6) is 0.707. The Bertz CT molecular complexity index is 600. The van der Waals surface area contributed by atoms with Crippen LogP contribution in [0.2, 0.25) is 0 Å². The van der Waals surface area contributed by atoms with E-state index in [-0.39, 0.29) is 31.1 Å². The Hall–Kier alpha value is -1.48.